The van der Waals surface area contributed by atoms with Gasteiger partial charge in [-0.25, -0.2) is 0 Å². The van der Waals surface area contributed by atoms with E-state index in [9.17, 15) is 0 Å². The second-order valence-corrected chi connectivity index (χ2v) is 2.58. The minimum Gasteiger partial charge on any atom is -0.493 e. The summed E-state index contributed by atoms with van der Waals surface area (Å²) < 4.78 is 10.1. The Morgan fingerprint density at radius 3 is 2.36 bits per heavy atom. The fourth-order valence-electron chi connectivity index (χ4n) is 1.08. The van der Waals surface area contributed by atoms with Gasteiger partial charge in [-0.05, 0) is 6.07 Å². The Morgan fingerprint density at radius 1 is 1.29 bits per heavy atom. The van der Waals surface area contributed by atoms with Crippen molar-refractivity contribution in [3.05, 3.63) is 17.7 Å². The fourth-order valence-corrected chi connectivity index (χ4v) is 1.08. The SMILES string of the molecule is COc1cc(N)c(/C=N\O)cc1OC. The second-order valence-electron chi connectivity index (χ2n) is 2.58. The monoisotopic (exact) mass is 196 g/mol. The van der Waals surface area contributed by atoms with Crippen molar-refractivity contribution in [2.24, 2.45) is 5.16 Å². The number of anilines is 1. The zero-order valence-electron chi connectivity index (χ0n) is 8.02. The quantitative estimate of drug-likeness (QED) is 0.328. The Kier molecular flexibility index (Phi) is 3.17. The van der Waals surface area contributed by atoms with Crippen LogP contribution >= 0.6 is 0 Å². The van der Waals surface area contributed by atoms with Crippen LogP contribution in [0, 0.1) is 0 Å². The van der Waals surface area contributed by atoms with E-state index in [-0.39, 0.29) is 0 Å². The molecule has 0 atom stereocenters. The van der Waals surface area contributed by atoms with E-state index in [1.807, 2.05) is 0 Å². The molecular weight excluding hydrogens is 184 g/mol. The minimum absolute atomic E-state index is 0.459. The third kappa shape index (κ3) is 1.87. The first kappa shape index (κ1) is 10.2. The number of benzene rings is 1. The molecule has 14 heavy (non-hydrogen) atoms. The molecule has 0 fully saturated rings. The van der Waals surface area contributed by atoms with Crippen LogP contribution in [0.2, 0.25) is 0 Å². The number of rotatable bonds is 3. The first-order chi connectivity index (χ1) is 6.72. The van der Waals surface area contributed by atoms with Crippen molar-refractivity contribution in [3.63, 3.8) is 0 Å². The van der Waals surface area contributed by atoms with Gasteiger partial charge in [0.05, 0.1) is 20.4 Å². The van der Waals surface area contributed by atoms with Crippen LogP contribution in [-0.2, 0) is 0 Å². The normalized spacial score (nSPS) is 10.4. The molecule has 0 radical (unpaired) electrons. The van der Waals surface area contributed by atoms with E-state index in [1.54, 1.807) is 12.1 Å². The van der Waals surface area contributed by atoms with Crippen molar-refractivity contribution in [3.8, 4) is 11.5 Å². The third-order valence-electron chi connectivity index (χ3n) is 1.79. The average Bonchev–Trinajstić information content (AvgIpc) is 2.20. The molecule has 5 nitrogen and oxygen atoms in total. The lowest BCUT2D eigenvalue weighted by molar-refractivity contribution is 0.321. The number of hydrogen-bond donors (Lipinski definition) is 2. The van der Waals surface area contributed by atoms with Crippen molar-refractivity contribution in [2.45, 2.75) is 0 Å². The van der Waals surface area contributed by atoms with Crippen molar-refractivity contribution in [1.82, 2.24) is 0 Å². The van der Waals surface area contributed by atoms with E-state index in [2.05, 4.69) is 5.16 Å². The number of nitrogens with two attached hydrogens (primary N) is 1. The number of ether oxygens (including phenoxy) is 2. The zero-order valence-corrected chi connectivity index (χ0v) is 8.02. The molecule has 1 aromatic rings. The van der Waals surface area contributed by atoms with Crippen LogP contribution < -0.4 is 15.2 Å². The molecule has 0 unspecified atom stereocenters. The highest BCUT2D eigenvalue weighted by molar-refractivity contribution is 5.88. The summed E-state index contributed by atoms with van der Waals surface area (Å²) in [5, 5.41) is 11.3. The summed E-state index contributed by atoms with van der Waals surface area (Å²) >= 11 is 0. The summed E-state index contributed by atoms with van der Waals surface area (Å²) in [5.41, 5.74) is 6.70. The molecule has 0 aliphatic carbocycles. The van der Waals surface area contributed by atoms with Gasteiger partial charge in [0, 0.05) is 17.3 Å². The van der Waals surface area contributed by atoms with Crippen molar-refractivity contribution in [1.29, 1.82) is 0 Å². The van der Waals surface area contributed by atoms with E-state index in [0.29, 0.717) is 22.7 Å². The van der Waals surface area contributed by atoms with Gasteiger partial charge >= 0.3 is 0 Å². The third-order valence-corrected chi connectivity index (χ3v) is 1.79. The van der Waals surface area contributed by atoms with Crippen LogP contribution in [0.3, 0.4) is 0 Å². The van der Waals surface area contributed by atoms with Gasteiger partial charge in [-0.3, -0.25) is 0 Å². The molecule has 0 aliphatic heterocycles. The smallest absolute Gasteiger partial charge is 0.162 e. The lowest BCUT2D eigenvalue weighted by atomic mass is 10.1. The molecule has 3 N–H and O–H groups in total. The molecule has 0 saturated heterocycles. The molecule has 0 bridgehead atoms. The maximum absolute atomic E-state index is 8.38. The molecule has 76 valence electrons. The summed E-state index contributed by atoms with van der Waals surface area (Å²) in [7, 11) is 3.05. The maximum atomic E-state index is 8.38. The topological polar surface area (TPSA) is 77.1 Å². The largest absolute Gasteiger partial charge is 0.493 e. The van der Waals surface area contributed by atoms with Crippen LogP contribution in [-0.4, -0.2) is 25.6 Å². The lowest BCUT2D eigenvalue weighted by Gasteiger charge is -2.09. The zero-order chi connectivity index (χ0) is 10.6. The van der Waals surface area contributed by atoms with Crippen LogP contribution in [0.25, 0.3) is 0 Å². The van der Waals surface area contributed by atoms with Gasteiger partial charge in [0.15, 0.2) is 11.5 Å². The Balaban J connectivity index is 3.23. The highest BCUT2D eigenvalue weighted by Gasteiger charge is 2.07. The predicted molar refractivity (Wildman–Crippen MR) is 53.3 cm³/mol. The van der Waals surface area contributed by atoms with Gasteiger partial charge in [0.25, 0.3) is 0 Å². The Labute approximate surface area is 81.7 Å². The highest BCUT2D eigenvalue weighted by atomic mass is 16.5. The fraction of sp³-hybridized carbons (Fsp3) is 0.222. The van der Waals surface area contributed by atoms with Gasteiger partial charge in [-0.2, -0.15) is 0 Å². The molecule has 0 aromatic heterocycles. The number of nitrogen functional groups attached to an aromatic ring is 1. The molecule has 5 heteroatoms. The van der Waals surface area contributed by atoms with Gasteiger partial charge in [-0.1, -0.05) is 5.16 Å². The summed E-state index contributed by atoms with van der Waals surface area (Å²) in [5.74, 6) is 1.08. The first-order valence-corrected chi connectivity index (χ1v) is 3.91. The van der Waals surface area contributed by atoms with E-state index in [1.165, 1.54) is 20.4 Å². The van der Waals surface area contributed by atoms with Gasteiger partial charge < -0.3 is 20.4 Å². The molecule has 1 aromatic carbocycles. The number of hydrogen-bond acceptors (Lipinski definition) is 5. The second kappa shape index (κ2) is 4.36. The molecule has 0 amide bonds. The lowest BCUT2D eigenvalue weighted by Crippen LogP contribution is -1.97. The van der Waals surface area contributed by atoms with Crippen LogP contribution in [0.15, 0.2) is 17.3 Å². The average molecular weight is 196 g/mol. The van der Waals surface area contributed by atoms with Crippen LogP contribution in [0.5, 0.6) is 11.5 Å². The van der Waals surface area contributed by atoms with Crippen LogP contribution in [0.1, 0.15) is 5.56 Å². The van der Waals surface area contributed by atoms with Crippen LogP contribution in [0.4, 0.5) is 5.69 Å². The molecule has 0 spiro atoms. The summed E-state index contributed by atoms with van der Waals surface area (Å²) in [4.78, 5) is 0. The molecule has 1 rings (SSSR count). The predicted octanol–water partition coefficient (Wildman–Crippen LogP) is 1.09. The van der Waals surface area contributed by atoms with Crippen molar-refractivity contribution >= 4 is 11.9 Å². The van der Waals surface area contributed by atoms with E-state index in [0.717, 1.165) is 0 Å². The van der Waals surface area contributed by atoms with E-state index in [4.69, 9.17) is 20.4 Å². The van der Waals surface area contributed by atoms with E-state index >= 15 is 0 Å². The summed E-state index contributed by atoms with van der Waals surface area (Å²) in [6.45, 7) is 0. The Morgan fingerprint density at radius 2 is 1.86 bits per heavy atom. The van der Waals surface area contributed by atoms with Gasteiger partial charge in [0.2, 0.25) is 0 Å². The maximum Gasteiger partial charge on any atom is 0.162 e. The van der Waals surface area contributed by atoms with Crippen molar-refractivity contribution < 1.29 is 14.7 Å². The molecular formula is C9H12N2O3. The number of nitrogens with zero attached hydrogens (tertiary/aromatic N) is 1. The Hall–Kier alpha value is -1.91. The van der Waals surface area contributed by atoms with Crippen molar-refractivity contribution in [2.75, 3.05) is 20.0 Å². The first-order valence-electron chi connectivity index (χ1n) is 3.91. The molecule has 0 heterocycles. The van der Waals surface area contributed by atoms with Gasteiger partial charge in [0.1, 0.15) is 0 Å². The Bertz CT molecular complexity index is 350. The molecule has 0 aliphatic rings. The number of methoxy groups -OCH3 is 2. The standard InChI is InChI=1S/C9H12N2O3/c1-13-8-3-6(5-11-12)7(10)4-9(8)14-2/h3-5,12H,10H2,1-2H3/b11-5-. The summed E-state index contributed by atoms with van der Waals surface area (Å²) in [6.07, 6.45) is 1.23. The van der Waals surface area contributed by atoms with Gasteiger partial charge in [-0.15, -0.1) is 0 Å². The summed E-state index contributed by atoms with van der Waals surface area (Å²) in [6, 6.07) is 3.24. The minimum atomic E-state index is 0.459. The van der Waals surface area contributed by atoms with E-state index < -0.39 is 0 Å². The number of oxime groups is 1. The highest BCUT2D eigenvalue weighted by Crippen LogP contribution is 2.30. The molecule has 0 saturated carbocycles.